The molecule has 0 unspecified atom stereocenters. The molecule has 0 radical (unpaired) electrons. The van der Waals surface area contributed by atoms with Gasteiger partial charge in [0.05, 0.1) is 5.92 Å². The number of nitrogens with zero attached hydrogens (tertiary/aromatic N) is 2. The molecule has 1 aliphatic carbocycles. The lowest BCUT2D eigenvalue weighted by Gasteiger charge is -2.29. The van der Waals surface area contributed by atoms with Crippen molar-refractivity contribution >= 4 is 18.3 Å². The number of carbonyl (C=O) groups is 1. The molecule has 1 saturated heterocycles. The number of rotatable bonds is 4. The van der Waals surface area contributed by atoms with E-state index in [0.717, 1.165) is 44.3 Å². The lowest BCUT2D eigenvalue weighted by atomic mass is 9.98. The van der Waals surface area contributed by atoms with Crippen molar-refractivity contribution in [1.82, 2.24) is 15.2 Å². The lowest BCUT2D eigenvalue weighted by molar-refractivity contribution is -0.137. The van der Waals surface area contributed by atoms with Crippen molar-refractivity contribution in [3.05, 3.63) is 30.1 Å². The number of piperidine rings is 1. The molecule has 4 nitrogen and oxygen atoms in total. The Morgan fingerprint density at radius 1 is 1.40 bits per heavy atom. The van der Waals surface area contributed by atoms with Crippen LogP contribution >= 0.6 is 12.4 Å². The normalized spacial score (nSPS) is 21.9. The summed E-state index contributed by atoms with van der Waals surface area (Å²) in [7, 11) is 0. The van der Waals surface area contributed by atoms with Crippen LogP contribution in [0.4, 0.5) is 0 Å². The van der Waals surface area contributed by atoms with Crippen molar-refractivity contribution < 1.29 is 4.79 Å². The highest BCUT2D eigenvalue weighted by molar-refractivity contribution is 5.85. The van der Waals surface area contributed by atoms with Crippen LogP contribution in [0.2, 0.25) is 0 Å². The zero-order valence-electron chi connectivity index (χ0n) is 11.6. The number of pyridine rings is 1. The van der Waals surface area contributed by atoms with Gasteiger partial charge in [-0.25, -0.2) is 0 Å². The molecule has 20 heavy (non-hydrogen) atoms. The quantitative estimate of drug-likeness (QED) is 0.924. The molecule has 1 N–H and O–H groups in total. The molecule has 2 aliphatic rings. The predicted octanol–water partition coefficient (Wildman–Crippen LogP) is 1.99. The molecule has 1 saturated carbocycles. The van der Waals surface area contributed by atoms with Crippen molar-refractivity contribution in [2.24, 2.45) is 5.92 Å². The third-order valence-electron chi connectivity index (χ3n) is 3.99. The van der Waals surface area contributed by atoms with E-state index >= 15 is 0 Å². The highest BCUT2D eigenvalue weighted by Gasteiger charge is 2.36. The second-order valence-corrected chi connectivity index (χ2v) is 5.60. The summed E-state index contributed by atoms with van der Waals surface area (Å²) in [6.45, 7) is 2.61. The molecule has 0 spiro atoms. The summed E-state index contributed by atoms with van der Waals surface area (Å²) in [4.78, 5) is 18.9. The van der Waals surface area contributed by atoms with Crippen molar-refractivity contribution in [2.75, 3.05) is 13.1 Å². The second kappa shape index (κ2) is 7.04. The second-order valence-electron chi connectivity index (χ2n) is 5.60. The molecule has 1 aromatic rings. The molecular weight excluding hydrogens is 274 g/mol. The van der Waals surface area contributed by atoms with E-state index in [1.807, 2.05) is 12.3 Å². The zero-order chi connectivity index (χ0) is 13.1. The fourth-order valence-electron chi connectivity index (χ4n) is 2.76. The molecule has 2 fully saturated rings. The van der Waals surface area contributed by atoms with Crippen LogP contribution in [0.1, 0.15) is 31.2 Å². The smallest absolute Gasteiger partial charge is 0.227 e. The summed E-state index contributed by atoms with van der Waals surface area (Å²) in [5, 5.41) is 3.33. The fraction of sp³-hybridized carbons (Fsp3) is 0.600. The lowest BCUT2D eigenvalue weighted by Crippen LogP contribution is -2.43. The van der Waals surface area contributed by atoms with E-state index in [9.17, 15) is 4.79 Å². The molecule has 1 aliphatic heterocycles. The average molecular weight is 296 g/mol. The minimum Gasteiger partial charge on any atom is -0.335 e. The van der Waals surface area contributed by atoms with Crippen LogP contribution in [0.15, 0.2) is 24.5 Å². The van der Waals surface area contributed by atoms with E-state index < -0.39 is 0 Å². The predicted molar refractivity (Wildman–Crippen MR) is 80.7 cm³/mol. The topological polar surface area (TPSA) is 45.2 Å². The fourth-order valence-corrected chi connectivity index (χ4v) is 2.76. The zero-order valence-corrected chi connectivity index (χ0v) is 12.4. The summed E-state index contributed by atoms with van der Waals surface area (Å²) in [5.41, 5.74) is 1.13. The van der Waals surface area contributed by atoms with E-state index in [0.29, 0.717) is 18.5 Å². The Labute approximate surface area is 126 Å². The number of nitrogens with one attached hydrogen (secondary N) is 1. The van der Waals surface area contributed by atoms with E-state index in [2.05, 4.69) is 21.3 Å². The Balaban J connectivity index is 0.00000147. The molecule has 1 atom stereocenters. The number of hydrogen-bond donors (Lipinski definition) is 1. The van der Waals surface area contributed by atoms with Gasteiger partial charge in [0.2, 0.25) is 5.91 Å². The Bertz CT molecular complexity index is 430. The summed E-state index contributed by atoms with van der Waals surface area (Å²) in [6.07, 6.45) is 8.10. The van der Waals surface area contributed by atoms with Gasteiger partial charge in [0.25, 0.3) is 0 Å². The van der Waals surface area contributed by atoms with Gasteiger partial charge in [0.1, 0.15) is 0 Å². The van der Waals surface area contributed by atoms with Crippen molar-refractivity contribution in [3.8, 4) is 0 Å². The van der Waals surface area contributed by atoms with Gasteiger partial charge in [-0.1, -0.05) is 6.07 Å². The van der Waals surface area contributed by atoms with Crippen LogP contribution in [-0.4, -0.2) is 34.9 Å². The van der Waals surface area contributed by atoms with Crippen LogP contribution in [0.3, 0.4) is 0 Å². The maximum Gasteiger partial charge on any atom is 0.227 e. The third-order valence-corrected chi connectivity index (χ3v) is 3.99. The summed E-state index contributed by atoms with van der Waals surface area (Å²) >= 11 is 0. The SMILES string of the molecule is Cl.O=C([C@@H]1CCCNC1)N(Cc1cccnc1)C1CC1. The number of aromatic nitrogens is 1. The maximum absolute atomic E-state index is 12.6. The van der Waals surface area contributed by atoms with E-state index in [-0.39, 0.29) is 18.3 Å². The molecule has 5 heteroatoms. The minimum atomic E-state index is 0. The summed E-state index contributed by atoms with van der Waals surface area (Å²) in [6, 6.07) is 4.46. The largest absolute Gasteiger partial charge is 0.335 e. The van der Waals surface area contributed by atoms with Gasteiger partial charge in [-0.3, -0.25) is 9.78 Å². The number of halogens is 1. The number of carbonyl (C=O) groups excluding carboxylic acids is 1. The highest BCUT2D eigenvalue weighted by Crippen LogP contribution is 2.30. The first-order valence-corrected chi connectivity index (χ1v) is 7.24. The van der Waals surface area contributed by atoms with Gasteiger partial charge in [0, 0.05) is 31.5 Å². The van der Waals surface area contributed by atoms with Crippen LogP contribution < -0.4 is 5.32 Å². The highest BCUT2D eigenvalue weighted by atomic mass is 35.5. The molecule has 1 aromatic heterocycles. The van der Waals surface area contributed by atoms with Gasteiger partial charge in [-0.15, -0.1) is 12.4 Å². The van der Waals surface area contributed by atoms with Crippen molar-refractivity contribution in [1.29, 1.82) is 0 Å². The molecule has 110 valence electrons. The van der Waals surface area contributed by atoms with Crippen LogP contribution in [0.25, 0.3) is 0 Å². The maximum atomic E-state index is 12.6. The Morgan fingerprint density at radius 3 is 2.85 bits per heavy atom. The minimum absolute atomic E-state index is 0. The van der Waals surface area contributed by atoms with Gasteiger partial charge in [-0.2, -0.15) is 0 Å². The van der Waals surface area contributed by atoms with E-state index in [4.69, 9.17) is 0 Å². The van der Waals surface area contributed by atoms with Gasteiger partial charge in [0.15, 0.2) is 0 Å². The Kier molecular flexibility index (Phi) is 5.38. The number of amides is 1. The van der Waals surface area contributed by atoms with Crippen molar-refractivity contribution in [2.45, 2.75) is 38.3 Å². The first-order chi connectivity index (χ1) is 9.34. The molecular formula is C15H22ClN3O. The van der Waals surface area contributed by atoms with E-state index in [1.165, 1.54) is 0 Å². The van der Waals surface area contributed by atoms with Crippen LogP contribution in [-0.2, 0) is 11.3 Å². The molecule has 0 bridgehead atoms. The molecule has 2 heterocycles. The van der Waals surface area contributed by atoms with Gasteiger partial charge in [-0.05, 0) is 43.9 Å². The summed E-state index contributed by atoms with van der Waals surface area (Å²) in [5.74, 6) is 0.504. The Morgan fingerprint density at radius 2 is 2.25 bits per heavy atom. The van der Waals surface area contributed by atoms with E-state index in [1.54, 1.807) is 6.20 Å². The molecule has 3 rings (SSSR count). The van der Waals surface area contributed by atoms with Gasteiger partial charge < -0.3 is 10.2 Å². The van der Waals surface area contributed by atoms with Crippen molar-refractivity contribution in [3.63, 3.8) is 0 Å². The number of hydrogen-bond acceptors (Lipinski definition) is 3. The first kappa shape index (κ1) is 15.3. The average Bonchev–Trinajstić information content (AvgIpc) is 3.31. The van der Waals surface area contributed by atoms with Gasteiger partial charge >= 0.3 is 0 Å². The third kappa shape index (κ3) is 3.70. The summed E-state index contributed by atoms with van der Waals surface area (Å²) < 4.78 is 0. The monoisotopic (exact) mass is 295 g/mol. The standard InChI is InChI=1S/C15H21N3O.ClH/c19-15(13-4-2-8-17-10-13)18(14-5-6-14)11-12-3-1-7-16-9-12;/h1,3,7,9,13-14,17H,2,4-6,8,10-11H2;1H/t13-;/m1./s1. The Hall–Kier alpha value is -1.13. The first-order valence-electron chi connectivity index (χ1n) is 7.24. The molecule has 0 aromatic carbocycles. The van der Waals surface area contributed by atoms with Crippen LogP contribution in [0, 0.1) is 5.92 Å². The van der Waals surface area contributed by atoms with Crippen LogP contribution in [0.5, 0.6) is 0 Å². The molecule has 1 amide bonds.